The third kappa shape index (κ3) is 3.03. The molecule has 0 heterocycles. The molecule has 1 aliphatic carbocycles. The molecule has 2 atom stereocenters. The Morgan fingerprint density at radius 2 is 1.50 bits per heavy atom. The van der Waals surface area contributed by atoms with Gasteiger partial charge in [-0.1, -0.05) is 49.2 Å². The van der Waals surface area contributed by atoms with Crippen LogP contribution in [0.2, 0.25) is 0 Å². The Kier molecular flexibility index (Phi) is 4.33. The van der Waals surface area contributed by atoms with Gasteiger partial charge >= 0.3 is 11.9 Å². The van der Waals surface area contributed by atoms with Crippen molar-refractivity contribution < 1.29 is 19.4 Å². The number of carboxylic acids is 1. The van der Waals surface area contributed by atoms with Crippen LogP contribution in [0.3, 0.4) is 0 Å². The predicted octanol–water partition coefficient (Wildman–Crippen LogP) is 4.79. The molecule has 3 aromatic carbocycles. The summed E-state index contributed by atoms with van der Waals surface area (Å²) < 4.78 is 5.69. The molecule has 0 spiro atoms. The van der Waals surface area contributed by atoms with Crippen molar-refractivity contribution in [3.8, 4) is 5.75 Å². The van der Waals surface area contributed by atoms with E-state index >= 15 is 0 Å². The van der Waals surface area contributed by atoms with Crippen LogP contribution in [0.5, 0.6) is 5.75 Å². The van der Waals surface area contributed by atoms with E-state index in [2.05, 4.69) is 6.07 Å². The molecule has 1 saturated carbocycles. The minimum atomic E-state index is -0.907. The Hall–Kier alpha value is -2.88. The number of aliphatic carboxylic acids is 1. The molecule has 0 radical (unpaired) electrons. The third-order valence-electron chi connectivity index (χ3n) is 5.30. The third-order valence-corrected chi connectivity index (χ3v) is 5.30. The summed E-state index contributed by atoms with van der Waals surface area (Å²) in [7, 11) is 0. The van der Waals surface area contributed by atoms with Gasteiger partial charge in [-0.3, -0.25) is 9.59 Å². The summed E-state index contributed by atoms with van der Waals surface area (Å²) in [6.07, 6.45) is 2.82. The van der Waals surface area contributed by atoms with Gasteiger partial charge in [0.2, 0.25) is 0 Å². The molecular weight excluding hydrogens is 328 g/mol. The zero-order chi connectivity index (χ0) is 18.1. The van der Waals surface area contributed by atoms with E-state index in [-0.39, 0.29) is 0 Å². The van der Waals surface area contributed by atoms with E-state index in [1.54, 1.807) is 6.07 Å². The number of rotatable bonds is 3. The van der Waals surface area contributed by atoms with Gasteiger partial charge in [0.25, 0.3) is 0 Å². The van der Waals surface area contributed by atoms with Crippen molar-refractivity contribution in [3.05, 3.63) is 54.6 Å². The molecule has 2 unspecified atom stereocenters. The fourth-order valence-electron chi connectivity index (χ4n) is 3.92. The highest BCUT2D eigenvalue weighted by atomic mass is 16.5. The number of carbonyl (C=O) groups excluding carboxylic acids is 1. The van der Waals surface area contributed by atoms with Gasteiger partial charge in [0.1, 0.15) is 5.75 Å². The molecule has 3 aromatic rings. The Bertz CT molecular complexity index is 992. The van der Waals surface area contributed by atoms with Crippen molar-refractivity contribution >= 4 is 33.5 Å². The number of hydrogen-bond acceptors (Lipinski definition) is 3. The second kappa shape index (κ2) is 6.79. The highest BCUT2D eigenvalue weighted by Crippen LogP contribution is 2.34. The topological polar surface area (TPSA) is 63.6 Å². The quantitative estimate of drug-likeness (QED) is 0.420. The van der Waals surface area contributed by atoms with Gasteiger partial charge in [0.05, 0.1) is 11.8 Å². The number of carbonyl (C=O) groups is 2. The van der Waals surface area contributed by atoms with Crippen LogP contribution in [-0.2, 0) is 9.59 Å². The lowest BCUT2D eigenvalue weighted by atomic mass is 9.79. The summed E-state index contributed by atoms with van der Waals surface area (Å²) in [5.74, 6) is -2.06. The number of benzene rings is 3. The number of carboxylic acid groups (broad SMARTS) is 1. The molecule has 26 heavy (non-hydrogen) atoms. The second-order valence-electron chi connectivity index (χ2n) is 6.93. The van der Waals surface area contributed by atoms with Gasteiger partial charge in [-0.25, -0.2) is 0 Å². The van der Waals surface area contributed by atoms with Crippen LogP contribution >= 0.6 is 0 Å². The Morgan fingerprint density at radius 1 is 0.846 bits per heavy atom. The van der Waals surface area contributed by atoms with E-state index < -0.39 is 23.8 Å². The molecule has 4 nitrogen and oxygen atoms in total. The first-order valence-electron chi connectivity index (χ1n) is 8.99. The summed E-state index contributed by atoms with van der Waals surface area (Å²) in [6, 6.07) is 17.7. The first-order valence-corrected chi connectivity index (χ1v) is 8.99. The molecule has 132 valence electrons. The fraction of sp³-hybridized carbons (Fsp3) is 0.273. The summed E-state index contributed by atoms with van der Waals surface area (Å²) in [5.41, 5.74) is 0. The molecule has 0 aromatic heterocycles. The van der Waals surface area contributed by atoms with Crippen molar-refractivity contribution in [3.63, 3.8) is 0 Å². The van der Waals surface area contributed by atoms with Gasteiger partial charge in [0, 0.05) is 5.39 Å². The molecule has 1 fully saturated rings. The molecule has 0 amide bonds. The number of ether oxygens (including phenoxy) is 1. The van der Waals surface area contributed by atoms with Gasteiger partial charge in [0.15, 0.2) is 0 Å². The zero-order valence-corrected chi connectivity index (χ0v) is 14.4. The lowest BCUT2D eigenvalue weighted by Gasteiger charge is -2.26. The molecule has 0 saturated heterocycles. The van der Waals surface area contributed by atoms with Gasteiger partial charge in [-0.2, -0.15) is 0 Å². The van der Waals surface area contributed by atoms with Crippen molar-refractivity contribution in [1.29, 1.82) is 0 Å². The van der Waals surface area contributed by atoms with Gasteiger partial charge in [-0.05, 0) is 47.2 Å². The molecule has 1 N–H and O–H groups in total. The highest BCUT2D eigenvalue weighted by molar-refractivity contribution is 6.01. The number of fused-ring (bicyclic) bond motifs is 2. The summed E-state index contributed by atoms with van der Waals surface area (Å²) >= 11 is 0. The monoisotopic (exact) mass is 348 g/mol. The van der Waals surface area contributed by atoms with E-state index in [4.69, 9.17) is 4.74 Å². The van der Waals surface area contributed by atoms with Crippen LogP contribution in [0.4, 0.5) is 0 Å². The maximum Gasteiger partial charge on any atom is 0.315 e. The number of hydrogen-bond donors (Lipinski definition) is 1. The van der Waals surface area contributed by atoms with Crippen LogP contribution in [0, 0.1) is 11.8 Å². The lowest BCUT2D eigenvalue weighted by Crippen LogP contribution is -2.35. The first kappa shape index (κ1) is 16.6. The van der Waals surface area contributed by atoms with E-state index in [0.717, 1.165) is 34.4 Å². The van der Waals surface area contributed by atoms with E-state index in [0.29, 0.717) is 18.6 Å². The molecule has 0 bridgehead atoms. The van der Waals surface area contributed by atoms with Gasteiger partial charge in [-0.15, -0.1) is 0 Å². The minimum Gasteiger partial charge on any atom is -0.481 e. The molecule has 0 aliphatic heterocycles. The average Bonchev–Trinajstić information content (AvgIpc) is 2.66. The van der Waals surface area contributed by atoms with Crippen molar-refractivity contribution in [2.45, 2.75) is 25.7 Å². The van der Waals surface area contributed by atoms with Crippen LogP contribution in [0.25, 0.3) is 21.5 Å². The SMILES string of the molecule is O=C(O)C1CCCCC1C(=O)Oc1cccc2cc3ccccc3cc12. The highest BCUT2D eigenvalue weighted by Gasteiger charge is 2.37. The largest absolute Gasteiger partial charge is 0.481 e. The average molecular weight is 348 g/mol. The van der Waals surface area contributed by atoms with E-state index in [1.807, 2.05) is 42.5 Å². The lowest BCUT2D eigenvalue weighted by molar-refractivity contribution is -0.154. The molecular formula is C22H20O4. The summed E-state index contributed by atoms with van der Waals surface area (Å²) in [5, 5.41) is 13.5. The van der Waals surface area contributed by atoms with Crippen LogP contribution in [-0.4, -0.2) is 17.0 Å². The van der Waals surface area contributed by atoms with Crippen molar-refractivity contribution in [2.75, 3.05) is 0 Å². The molecule has 4 rings (SSSR count). The molecule has 4 heteroatoms. The van der Waals surface area contributed by atoms with Crippen molar-refractivity contribution in [2.24, 2.45) is 11.8 Å². The standard InChI is InChI=1S/C22H20O4/c23-21(24)17-9-3-4-10-18(17)22(25)26-20-11-5-8-16-12-14-6-1-2-7-15(14)13-19(16)20/h1-2,5-8,11-13,17-18H,3-4,9-10H2,(H,23,24). The van der Waals surface area contributed by atoms with Crippen LogP contribution < -0.4 is 4.74 Å². The smallest absolute Gasteiger partial charge is 0.315 e. The van der Waals surface area contributed by atoms with E-state index in [1.165, 1.54) is 0 Å². The zero-order valence-electron chi connectivity index (χ0n) is 14.4. The second-order valence-corrected chi connectivity index (χ2v) is 6.93. The van der Waals surface area contributed by atoms with E-state index in [9.17, 15) is 14.7 Å². The maximum atomic E-state index is 12.7. The Morgan fingerprint density at radius 3 is 2.23 bits per heavy atom. The molecule has 1 aliphatic rings. The summed E-state index contributed by atoms with van der Waals surface area (Å²) in [4.78, 5) is 24.2. The Labute approximate surface area is 151 Å². The first-order chi connectivity index (χ1) is 12.6. The normalized spacial score (nSPS) is 20.2. The number of esters is 1. The Balaban J connectivity index is 1.69. The van der Waals surface area contributed by atoms with Crippen molar-refractivity contribution in [1.82, 2.24) is 0 Å². The van der Waals surface area contributed by atoms with Crippen LogP contribution in [0.15, 0.2) is 54.6 Å². The fourth-order valence-corrected chi connectivity index (χ4v) is 3.92. The predicted molar refractivity (Wildman–Crippen MR) is 100 cm³/mol. The van der Waals surface area contributed by atoms with Crippen LogP contribution in [0.1, 0.15) is 25.7 Å². The maximum absolute atomic E-state index is 12.7. The minimum absolute atomic E-state index is 0.433. The van der Waals surface area contributed by atoms with Gasteiger partial charge < -0.3 is 9.84 Å². The summed E-state index contributed by atoms with van der Waals surface area (Å²) in [6.45, 7) is 0.